The van der Waals surface area contributed by atoms with Gasteiger partial charge in [0.05, 0.1) is 5.02 Å². The number of nitrogens with one attached hydrogen (secondary N) is 1. The van der Waals surface area contributed by atoms with Crippen LogP contribution in [0.4, 0.5) is 0 Å². The average Bonchev–Trinajstić information content (AvgIpc) is 2.85. The van der Waals surface area contributed by atoms with Crippen LogP contribution in [0.1, 0.15) is 32.2 Å². The first-order chi connectivity index (χ1) is 9.85. The molecule has 0 spiro atoms. The van der Waals surface area contributed by atoms with Crippen molar-refractivity contribution in [3.8, 4) is 10.6 Å². The lowest BCUT2D eigenvalue weighted by atomic mass is 10.1. The summed E-state index contributed by atoms with van der Waals surface area (Å²) in [6.07, 6.45) is 1.95. The molecule has 1 aromatic heterocycles. The lowest BCUT2D eigenvalue weighted by Gasteiger charge is -2.20. The first kappa shape index (κ1) is 16.7. The quantitative estimate of drug-likeness (QED) is 0.789. The molecule has 2 rings (SSSR count). The molecule has 0 aliphatic rings. The summed E-state index contributed by atoms with van der Waals surface area (Å²) in [5, 5.41) is 15.1. The zero-order valence-electron chi connectivity index (χ0n) is 12.4. The predicted octanol–water partition coefficient (Wildman–Crippen LogP) is 4.83. The topological polar surface area (TPSA) is 37.8 Å². The Bertz CT molecular complexity index is 605. The van der Waals surface area contributed by atoms with Crippen LogP contribution in [0.15, 0.2) is 18.2 Å². The van der Waals surface area contributed by atoms with Gasteiger partial charge in [0, 0.05) is 22.5 Å². The van der Waals surface area contributed by atoms with E-state index in [1.165, 1.54) is 0 Å². The van der Waals surface area contributed by atoms with Crippen molar-refractivity contribution in [1.82, 2.24) is 15.5 Å². The highest BCUT2D eigenvalue weighted by atomic mass is 35.5. The molecular weight excluding hydrogens is 325 g/mol. The lowest BCUT2D eigenvalue weighted by molar-refractivity contribution is 0.422. The van der Waals surface area contributed by atoms with E-state index < -0.39 is 0 Å². The minimum Gasteiger partial charge on any atom is -0.312 e. The molecule has 1 N–H and O–H groups in total. The first-order valence-corrected chi connectivity index (χ1v) is 8.45. The number of aromatic nitrogens is 2. The van der Waals surface area contributed by atoms with Gasteiger partial charge in [-0.15, -0.1) is 10.2 Å². The highest BCUT2D eigenvalue weighted by molar-refractivity contribution is 7.14. The number of halogens is 2. The van der Waals surface area contributed by atoms with Gasteiger partial charge >= 0.3 is 0 Å². The molecule has 0 bridgehead atoms. The van der Waals surface area contributed by atoms with Gasteiger partial charge in [-0.25, -0.2) is 0 Å². The van der Waals surface area contributed by atoms with Gasteiger partial charge in [0.15, 0.2) is 0 Å². The van der Waals surface area contributed by atoms with Crippen LogP contribution < -0.4 is 5.32 Å². The summed E-state index contributed by atoms with van der Waals surface area (Å²) < 4.78 is 0. The smallest absolute Gasteiger partial charge is 0.149 e. The molecule has 21 heavy (non-hydrogen) atoms. The third kappa shape index (κ3) is 5.22. The molecule has 0 aliphatic carbocycles. The van der Waals surface area contributed by atoms with E-state index in [2.05, 4.69) is 36.3 Å². The Morgan fingerprint density at radius 2 is 1.95 bits per heavy atom. The number of hydrogen-bond acceptors (Lipinski definition) is 4. The van der Waals surface area contributed by atoms with Crippen LogP contribution in [-0.4, -0.2) is 22.3 Å². The number of rotatable bonds is 5. The van der Waals surface area contributed by atoms with Crippen molar-refractivity contribution in [3.63, 3.8) is 0 Å². The molecule has 0 fully saturated rings. The zero-order chi connectivity index (χ0) is 15.5. The molecule has 2 aromatic rings. The number of hydrogen-bond donors (Lipinski definition) is 1. The van der Waals surface area contributed by atoms with Gasteiger partial charge in [-0.1, -0.05) is 34.5 Å². The van der Waals surface area contributed by atoms with Crippen LogP contribution in [0, 0.1) is 0 Å². The number of benzene rings is 1. The van der Waals surface area contributed by atoms with Crippen LogP contribution in [0.2, 0.25) is 10.0 Å². The van der Waals surface area contributed by atoms with E-state index in [4.69, 9.17) is 23.2 Å². The highest BCUT2D eigenvalue weighted by Gasteiger charge is 2.12. The molecule has 0 saturated heterocycles. The Labute approximate surface area is 139 Å². The van der Waals surface area contributed by atoms with E-state index in [0.29, 0.717) is 10.0 Å². The third-order valence-electron chi connectivity index (χ3n) is 2.85. The van der Waals surface area contributed by atoms with E-state index in [9.17, 15) is 0 Å². The Kier molecular flexibility index (Phi) is 5.60. The minimum absolute atomic E-state index is 0.153. The second kappa shape index (κ2) is 7.05. The largest absolute Gasteiger partial charge is 0.312 e. The van der Waals surface area contributed by atoms with Crippen molar-refractivity contribution in [2.75, 3.05) is 6.54 Å². The Hall–Kier alpha value is -0.680. The lowest BCUT2D eigenvalue weighted by Crippen LogP contribution is -2.36. The molecule has 3 nitrogen and oxygen atoms in total. The van der Waals surface area contributed by atoms with E-state index >= 15 is 0 Å². The van der Waals surface area contributed by atoms with Gasteiger partial charge in [0.1, 0.15) is 10.0 Å². The number of nitrogens with zero attached hydrogens (tertiary/aromatic N) is 2. The molecule has 1 heterocycles. The van der Waals surface area contributed by atoms with Gasteiger partial charge in [0.2, 0.25) is 0 Å². The standard InChI is InChI=1S/C15H19Cl2N3S/c1-15(2,3)18-8-4-5-13-19-20-14(21-13)11-9-10(16)6-7-12(11)17/h6-7,9,18H,4-5,8H2,1-3H3. The monoisotopic (exact) mass is 343 g/mol. The second-order valence-electron chi connectivity index (χ2n) is 5.91. The van der Waals surface area contributed by atoms with E-state index in [1.807, 2.05) is 6.07 Å². The Morgan fingerprint density at radius 1 is 1.19 bits per heavy atom. The summed E-state index contributed by atoms with van der Waals surface area (Å²) in [7, 11) is 0. The fourth-order valence-corrected chi connectivity index (χ4v) is 3.17. The van der Waals surface area contributed by atoms with Gasteiger partial charge in [-0.2, -0.15) is 0 Å². The van der Waals surface area contributed by atoms with Crippen molar-refractivity contribution in [2.45, 2.75) is 39.2 Å². The minimum atomic E-state index is 0.153. The number of aryl methyl sites for hydroxylation is 1. The molecule has 0 atom stereocenters. The van der Waals surface area contributed by atoms with Crippen molar-refractivity contribution in [1.29, 1.82) is 0 Å². The highest BCUT2D eigenvalue weighted by Crippen LogP contribution is 2.32. The molecule has 6 heteroatoms. The van der Waals surface area contributed by atoms with E-state index in [-0.39, 0.29) is 5.54 Å². The fraction of sp³-hybridized carbons (Fsp3) is 0.467. The summed E-state index contributed by atoms with van der Waals surface area (Å²) in [6.45, 7) is 7.46. The Morgan fingerprint density at radius 3 is 2.67 bits per heavy atom. The van der Waals surface area contributed by atoms with Gasteiger partial charge in [0.25, 0.3) is 0 Å². The van der Waals surface area contributed by atoms with Gasteiger partial charge in [-0.05, 0) is 51.9 Å². The summed E-state index contributed by atoms with van der Waals surface area (Å²) in [5.41, 5.74) is 1.00. The van der Waals surface area contributed by atoms with Crippen LogP contribution in [0.5, 0.6) is 0 Å². The maximum atomic E-state index is 6.19. The van der Waals surface area contributed by atoms with Crippen LogP contribution in [0.3, 0.4) is 0 Å². The molecule has 1 aromatic carbocycles. The van der Waals surface area contributed by atoms with Crippen molar-refractivity contribution in [2.24, 2.45) is 0 Å². The summed E-state index contributed by atoms with van der Waals surface area (Å²) >= 11 is 13.8. The van der Waals surface area contributed by atoms with Gasteiger partial charge < -0.3 is 5.32 Å². The van der Waals surface area contributed by atoms with Crippen molar-refractivity contribution >= 4 is 34.5 Å². The molecule has 0 aliphatic heterocycles. The fourth-order valence-electron chi connectivity index (χ4n) is 1.83. The molecular formula is C15H19Cl2N3S. The summed E-state index contributed by atoms with van der Waals surface area (Å²) in [5.74, 6) is 0. The molecule has 0 saturated carbocycles. The average molecular weight is 344 g/mol. The first-order valence-electron chi connectivity index (χ1n) is 6.88. The molecule has 114 valence electrons. The van der Waals surface area contributed by atoms with Crippen molar-refractivity contribution in [3.05, 3.63) is 33.3 Å². The zero-order valence-corrected chi connectivity index (χ0v) is 14.7. The van der Waals surface area contributed by atoms with Crippen LogP contribution in [-0.2, 0) is 6.42 Å². The van der Waals surface area contributed by atoms with Crippen molar-refractivity contribution < 1.29 is 0 Å². The SMILES string of the molecule is CC(C)(C)NCCCc1nnc(-c2cc(Cl)ccc2Cl)s1. The molecule has 0 unspecified atom stereocenters. The summed E-state index contributed by atoms with van der Waals surface area (Å²) in [6, 6.07) is 5.39. The maximum absolute atomic E-state index is 6.19. The molecule has 0 amide bonds. The second-order valence-corrected chi connectivity index (χ2v) is 7.81. The molecule has 0 radical (unpaired) electrons. The summed E-state index contributed by atoms with van der Waals surface area (Å²) in [4.78, 5) is 0. The van der Waals surface area contributed by atoms with Gasteiger partial charge in [-0.3, -0.25) is 0 Å². The van der Waals surface area contributed by atoms with E-state index in [1.54, 1.807) is 23.5 Å². The maximum Gasteiger partial charge on any atom is 0.149 e. The van der Waals surface area contributed by atoms with E-state index in [0.717, 1.165) is 35.0 Å². The predicted molar refractivity (Wildman–Crippen MR) is 91.4 cm³/mol. The van der Waals surface area contributed by atoms with Crippen LogP contribution >= 0.6 is 34.5 Å². The third-order valence-corrected chi connectivity index (χ3v) is 4.43. The Balaban J connectivity index is 1.97. The normalized spacial score (nSPS) is 11.9. The van der Waals surface area contributed by atoms with Crippen LogP contribution in [0.25, 0.3) is 10.6 Å².